The lowest BCUT2D eigenvalue weighted by Crippen LogP contribution is -2.30. The molecule has 0 aromatic rings. The predicted octanol–water partition coefficient (Wildman–Crippen LogP) is 23.8. The highest BCUT2D eigenvalue weighted by Crippen LogP contribution is 2.17. The lowest BCUT2D eigenvalue weighted by molar-refractivity contribution is -0.167. The molecule has 0 N–H and O–H groups in total. The van der Waals surface area contributed by atoms with Crippen LogP contribution in [0.5, 0.6) is 0 Å². The minimum Gasteiger partial charge on any atom is -0.462 e. The number of esters is 3. The van der Waals surface area contributed by atoms with Crippen molar-refractivity contribution >= 4 is 17.9 Å². The molecule has 0 spiro atoms. The fourth-order valence-corrected chi connectivity index (χ4v) is 9.70. The first-order chi connectivity index (χ1) is 40.0. The summed E-state index contributed by atoms with van der Waals surface area (Å²) in [4.78, 5) is 38.5. The van der Waals surface area contributed by atoms with E-state index in [0.717, 1.165) is 128 Å². The van der Waals surface area contributed by atoms with Crippen molar-refractivity contribution in [2.24, 2.45) is 0 Å². The summed E-state index contributed by atoms with van der Waals surface area (Å²) in [5.41, 5.74) is 0. The number of carbonyl (C=O) groups is 3. The van der Waals surface area contributed by atoms with E-state index in [1.165, 1.54) is 161 Å². The van der Waals surface area contributed by atoms with Crippen LogP contribution in [0.1, 0.15) is 329 Å². The van der Waals surface area contributed by atoms with E-state index in [2.05, 4.69) is 130 Å². The first-order valence-corrected chi connectivity index (χ1v) is 34.4. The van der Waals surface area contributed by atoms with E-state index in [1.807, 2.05) is 0 Å². The molecular weight excluding hydrogens is 997 g/mol. The van der Waals surface area contributed by atoms with Crippen LogP contribution in [0.4, 0.5) is 0 Å². The van der Waals surface area contributed by atoms with Gasteiger partial charge in [-0.25, -0.2) is 0 Å². The number of rotatable bonds is 62. The minimum absolute atomic E-state index is 0.0873. The van der Waals surface area contributed by atoms with E-state index in [9.17, 15) is 14.4 Å². The Balaban J connectivity index is 4.41. The van der Waals surface area contributed by atoms with Gasteiger partial charge in [0.15, 0.2) is 6.10 Å². The summed E-state index contributed by atoms with van der Waals surface area (Å²) in [7, 11) is 0. The number of ether oxygens (including phenoxy) is 3. The van der Waals surface area contributed by atoms with Crippen molar-refractivity contribution in [1.82, 2.24) is 0 Å². The lowest BCUT2D eigenvalue weighted by atomic mass is 10.0. The second-order valence-corrected chi connectivity index (χ2v) is 22.7. The molecule has 1 atom stereocenters. The zero-order chi connectivity index (χ0) is 58.5. The molecule has 464 valence electrons. The van der Waals surface area contributed by atoms with Crippen LogP contribution in [0.15, 0.2) is 109 Å². The summed E-state index contributed by atoms with van der Waals surface area (Å²) in [6.07, 6.45) is 93.8. The third kappa shape index (κ3) is 66.8. The van der Waals surface area contributed by atoms with Gasteiger partial charge in [-0.15, -0.1) is 0 Å². The molecule has 0 saturated heterocycles. The van der Waals surface area contributed by atoms with Crippen LogP contribution in [0, 0.1) is 0 Å². The quantitative estimate of drug-likeness (QED) is 0.0261. The number of hydrogen-bond donors (Lipinski definition) is 0. The molecule has 1 unspecified atom stereocenters. The third-order valence-electron chi connectivity index (χ3n) is 14.8. The second-order valence-electron chi connectivity index (χ2n) is 22.7. The van der Waals surface area contributed by atoms with Crippen LogP contribution in [0.2, 0.25) is 0 Å². The molecule has 6 nitrogen and oxygen atoms in total. The summed E-state index contributed by atoms with van der Waals surface area (Å²) < 4.78 is 17.0. The summed E-state index contributed by atoms with van der Waals surface area (Å²) >= 11 is 0. The van der Waals surface area contributed by atoms with Gasteiger partial charge in [0.2, 0.25) is 0 Å². The van der Waals surface area contributed by atoms with Gasteiger partial charge in [0.05, 0.1) is 0 Å². The maximum absolute atomic E-state index is 13.0. The van der Waals surface area contributed by atoms with E-state index in [4.69, 9.17) is 14.2 Å². The highest BCUT2D eigenvalue weighted by atomic mass is 16.6. The Bertz CT molecular complexity index is 1620. The van der Waals surface area contributed by atoms with Gasteiger partial charge >= 0.3 is 17.9 Å². The molecule has 0 rings (SSSR count). The van der Waals surface area contributed by atoms with Crippen LogP contribution in [-0.4, -0.2) is 37.2 Å². The van der Waals surface area contributed by atoms with E-state index < -0.39 is 6.10 Å². The molecule has 0 aliphatic heterocycles. The van der Waals surface area contributed by atoms with Gasteiger partial charge in [0.1, 0.15) is 13.2 Å². The monoisotopic (exact) mass is 1120 g/mol. The van der Waals surface area contributed by atoms with Crippen molar-refractivity contribution < 1.29 is 28.6 Å². The molecule has 0 amide bonds. The Morgan fingerprint density at radius 2 is 0.481 bits per heavy atom. The second kappa shape index (κ2) is 68.6. The standard InChI is InChI=1S/C75H128O6/c1-4-7-10-13-16-19-22-25-28-31-34-36-37-39-41-44-47-50-53-56-59-62-65-68-74(77)80-71-72(70-79-73(76)67-64-61-58-55-52-49-46-43-40-33-30-27-24-21-18-15-12-9-6-3)81-75(78)69-66-63-60-57-54-51-48-45-42-38-35-32-29-26-23-20-17-14-11-8-5-2/h7,9-10,12,16,18-19,21,25,27-28,30,34,36,39-41,43,72H,4-6,8,11,13-15,17,20,22-24,26,29,31-33,35,37-38,42,44-71H2,1-3H3/b10-7-,12-9-,19-16-,21-18-,28-25-,30-27-,36-34-,41-39-,43-40-. The SMILES string of the molecule is CC/C=C\C/C=C\C/C=C\C/C=C\C/C=C\CCCCCCCCCC(=O)OCC(COC(=O)CCCCCCCC/C=C\C/C=C\C/C=C\C/C=C\CC)OC(=O)CCCCCCCCCCCCCCCCCCCCCCC. The van der Waals surface area contributed by atoms with Crippen molar-refractivity contribution in [3.63, 3.8) is 0 Å². The van der Waals surface area contributed by atoms with Crippen LogP contribution in [0.25, 0.3) is 0 Å². The van der Waals surface area contributed by atoms with Gasteiger partial charge in [-0.3, -0.25) is 14.4 Å². The average Bonchev–Trinajstić information content (AvgIpc) is 3.47. The van der Waals surface area contributed by atoms with Crippen LogP contribution in [0.3, 0.4) is 0 Å². The van der Waals surface area contributed by atoms with Gasteiger partial charge in [-0.05, 0) is 103 Å². The summed E-state index contributed by atoms with van der Waals surface area (Å²) in [6.45, 7) is 6.44. The zero-order valence-electron chi connectivity index (χ0n) is 53.3. The molecule has 0 aromatic carbocycles. The van der Waals surface area contributed by atoms with Gasteiger partial charge in [-0.2, -0.15) is 0 Å². The van der Waals surface area contributed by atoms with Crippen LogP contribution >= 0.6 is 0 Å². The maximum Gasteiger partial charge on any atom is 0.306 e. The van der Waals surface area contributed by atoms with Crippen molar-refractivity contribution in [1.29, 1.82) is 0 Å². The van der Waals surface area contributed by atoms with Crippen molar-refractivity contribution in [3.05, 3.63) is 109 Å². The van der Waals surface area contributed by atoms with Crippen molar-refractivity contribution in [2.45, 2.75) is 335 Å². The van der Waals surface area contributed by atoms with Gasteiger partial charge < -0.3 is 14.2 Å². The smallest absolute Gasteiger partial charge is 0.306 e. The molecule has 6 heteroatoms. The van der Waals surface area contributed by atoms with E-state index >= 15 is 0 Å². The van der Waals surface area contributed by atoms with E-state index in [-0.39, 0.29) is 31.1 Å². The van der Waals surface area contributed by atoms with Crippen molar-refractivity contribution in [2.75, 3.05) is 13.2 Å². The molecule has 0 aliphatic rings. The molecule has 0 aliphatic carbocycles. The number of hydrogen-bond acceptors (Lipinski definition) is 6. The average molecular weight is 1130 g/mol. The summed E-state index contributed by atoms with van der Waals surface area (Å²) in [6, 6.07) is 0. The summed E-state index contributed by atoms with van der Waals surface area (Å²) in [5.74, 6) is -0.896. The Morgan fingerprint density at radius 1 is 0.259 bits per heavy atom. The van der Waals surface area contributed by atoms with Gasteiger partial charge in [0, 0.05) is 19.3 Å². The van der Waals surface area contributed by atoms with Gasteiger partial charge in [0.25, 0.3) is 0 Å². The Kier molecular flexibility index (Phi) is 65.2. The molecule has 0 radical (unpaired) electrons. The Labute approximate surface area is 501 Å². The zero-order valence-corrected chi connectivity index (χ0v) is 53.3. The molecular formula is C75H128O6. The molecule has 0 aromatic heterocycles. The van der Waals surface area contributed by atoms with Crippen LogP contribution in [-0.2, 0) is 28.6 Å². The Hall–Kier alpha value is -3.93. The number of carbonyl (C=O) groups excluding carboxylic acids is 3. The molecule has 0 fully saturated rings. The fraction of sp³-hybridized carbons (Fsp3) is 0.720. The predicted molar refractivity (Wildman–Crippen MR) is 353 cm³/mol. The normalized spacial score (nSPS) is 12.8. The number of unbranched alkanes of at least 4 members (excludes halogenated alkanes) is 33. The highest BCUT2D eigenvalue weighted by molar-refractivity contribution is 5.71. The van der Waals surface area contributed by atoms with Crippen LogP contribution < -0.4 is 0 Å². The first kappa shape index (κ1) is 77.1. The molecule has 81 heavy (non-hydrogen) atoms. The topological polar surface area (TPSA) is 78.9 Å². The highest BCUT2D eigenvalue weighted by Gasteiger charge is 2.19. The fourth-order valence-electron chi connectivity index (χ4n) is 9.70. The summed E-state index contributed by atoms with van der Waals surface area (Å²) in [5, 5.41) is 0. The molecule has 0 heterocycles. The lowest BCUT2D eigenvalue weighted by Gasteiger charge is -2.18. The number of allylic oxidation sites excluding steroid dienone is 18. The molecule has 0 bridgehead atoms. The van der Waals surface area contributed by atoms with E-state index in [0.29, 0.717) is 19.3 Å². The maximum atomic E-state index is 13.0. The van der Waals surface area contributed by atoms with Gasteiger partial charge in [-0.1, -0.05) is 316 Å². The Morgan fingerprint density at radius 3 is 0.753 bits per heavy atom. The minimum atomic E-state index is -0.792. The largest absolute Gasteiger partial charge is 0.462 e. The first-order valence-electron chi connectivity index (χ1n) is 34.4. The van der Waals surface area contributed by atoms with Crippen molar-refractivity contribution in [3.8, 4) is 0 Å². The molecule has 0 saturated carbocycles. The third-order valence-corrected chi connectivity index (χ3v) is 14.8. The van der Waals surface area contributed by atoms with E-state index in [1.54, 1.807) is 0 Å².